The second kappa shape index (κ2) is 11.4. The number of nitrogens with zero attached hydrogens (tertiary/aromatic N) is 3. The predicted molar refractivity (Wildman–Crippen MR) is 155 cm³/mol. The molecule has 1 aromatic heterocycles. The normalized spacial score (nSPS) is 16.8. The third kappa shape index (κ3) is 5.93. The molecule has 1 saturated heterocycles. The van der Waals surface area contributed by atoms with E-state index < -0.39 is 5.92 Å². The van der Waals surface area contributed by atoms with Gasteiger partial charge in [-0.25, -0.2) is 13.8 Å². The molecule has 1 fully saturated rings. The maximum atomic E-state index is 13.9. The second-order valence-corrected chi connectivity index (χ2v) is 11.4. The van der Waals surface area contributed by atoms with E-state index in [9.17, 15) is 13.6 Å². The lowest BCUT2D eigenvalue weighted by Gasteiger charge is -2.39. The molecule has 206 valence electrons. The highest BCUT2D eigenvalue weighted by Crippen LogP contribution is 2.40. The Labute approximate surface area is 238 Å². The van der Waals surface area contributed by atoms with Gasteiger partial charge in [-0.2, -0.15) is 0 Å². The number of aromatic nitrogens is 1. The lowest BCUT2D eigenvalue weighted by atomic mass is 10.0. The third-order valence-corrected chi connectivity index (χ3v) is 8.13. The van der Waals surface area contributed by atoms with Gasteiger partial charge in [-0.1, -0.05) is 66.0 Å². The first-order valence-corrected chi connectivity index (χ1v) is 14.3. The molecule has 0 aliphatic carbocycles. The first-order chi connectivity index (χ1) is 18.6. The van der Waals surface area contributed by atoms with Crippen molar-refractivity contribution in [2.24, 2.45) is 0 Å². The number of hydrazine groups is 1. The number of alkyl halides is 2. The maximum absolute atomic E-state index is 13.9. The zero-order chi connectivity index (χ0) is 27.7. The molecule has 0 spiro atoms. The van der Waals surface area contributed by atoms with Gasteiger partial charge in [0.05, 0.1) is 22.0 Å². The summed E-state index contributed by atoms with van der Waals surface area (Å²) in [7, 11) is 0. The van der Waals surface area contributed by atoms with Crippen molar-refractivity contribution in [1.82, 2.24) is 14.6 Å². The van der Waals surface area contributed by atoms with E-state index in [0.717, 1.165) is 72.2 Å². The average molecular weight is 573 g/mol. The summed E-state index contributed by atoms with van der Waals surface area (Å²) in [5.74, 6) is -2.63. The van der Waals surface area contributed by atoms with Gasteiger partial charge < -0.3 is 4.57 Å². The van der Waals surface area contributed by atoms with E-state index >= 15 is 0 Å². The fourth-order valence-electron chi connectivity index (χ4n) is 5.68. The van der Waals surface area contributed by atoms with Crippen molar-refractivity contribution in [1.29, 1.82) is 0 Å². The first kappa shape index (κ1) is 27.9. The summed E-state index contributed by atoms with van der Waals surface area (Å²) < 4.78 is 28.4. The molecule has 3 aromatic rings. The minimum Gasteiger partial charge on any atom is -0.311 e. The number of benzene rings is 2. The van der Waals surface area contributed by atoms with Crippen LogP contribution in [0.2, 0.25) is 10.0 Å². The molecule has 0 saturated carbocycles. The van der Waals surface area contributed by atoms with E-state index in [4.69, 9.17) is 23.2 Å². The van der Waals surface area contributed by atoms with E-state index in [0.29, 0.717) is 29.4 Å². The molecule has 2 aromatic carbocycles. The number of piperidine rings is 1. The van der Waals surface area contributed by atoms with Crippen molar-refractivity contribution in [3.05, 3.63) is 81.0 Å². The molecule has 0 unspecified atom stereocenters. The standard InChI is InChI=1S/C31H33Cl2F2N3O/c1-21-28-27(15-19-37(30(28)39)36-17-6-3-7-18-36)38(26-14-13-24(32)20-25(26)33)29(21)23-11-9-22(10-12-23)8-4-5-16-31(2,34)35/h4,8-14,20H,3,5-7,15-19H2,1-2H3/b8-4+. The number of hydrogen-bond acceptors (Lipinski definition) is 2. The predicted octanol–water partition coefficient (Wildman–Crippen LogP) is 8.61. The van der Waals surface area contributed by atoms with Crippen molar-refractivity contribution < 1.29 is 13.6 Å². The summed E-state index contributed by atoms with van der Waals surface area (Å²) in [4.78, 5) is 13.9. The van der Waals surface area contributed by atoms with Gasteiger partial charge in [0.2, 0.25) is 5.92 Å². The summed E-state index contributed by atoms with van der Waals surface area (Å²) in [6.07, 6.45) is 7.89. The van der Waals surface area contributed by atoms with Crippen LogP contribution in [0, 0.1) is 6.92 Å². The Morgan fingerprint density at radius 2 is 1.72 bits per heavy atom. The Morgan fingerprint density at radius 3 is 2.38 bits per heavy atom. The fraction of sp³-hybridized carbons (Fsp3) is 0.387. The molecule has 2 aliphatic heterocycles. The van der Waals surface area contributed by atoms with Crippen LogP contribution in [0.25, 0.3) is 23.0 Å². The van der Waals surface area contributed by atoms with Crippen LogP contribution in [0.1, 0.15) is 66.2 Å². The minimum atomic E-state index is -2.67. The number of hydrogen-bond donors (Lipinski definition) is 0. The van der Waals surface area contributed by atoms with Gasteiger partial charge >= 0.3 is 0 Å². The molecule has 39 heavy (non-hydrogen) atoms. The number of halogens is 4. The van der Waals surface area contributed by atoms with Crippen molar-refractivity contribution in [2.45, 2.75) is 58.3 Å². The van der Waals surface area contributed by atoms with E-state index in [1.165, 1.54) is 6.42 Å². The first-order valence-electron chi connectivity index (χ1n) is 13.5. The summed E-state index contributed by atoms with van der Waals surface area (Å²) in [5.41, 5.74) is 6.17. The molecule has 0 N–H and O–H groups in total. The summed E-state index contributed by atoms with van der Waals surface area (Å²) in [5, 5.41) is 5.20. The molecule has 4 nitrogen and oxygen atoms in total. The van der Waals surface area contributed by atoms with Gasteiger partial charge in [-0.3, -0.25) is 9.80 Å². The minimum absolute atomic E-state index is 0.0352. The number of allylic oxidation sites excluding steroid dienone is 1. The van der Waals surface area contributed by atoms with Crippen LogP contribution < -0.4 is 0 Å². The van der Waals surface area contributed by atoms with Crippen molar-refractivity contribution in [2.75, 3.05) is 19.6 Å². The Hall–Kier alpha value is -2.67. The molecule has 2 aliphatic rings. The quantitative estimate of drug-likeness (QED) is 0.284. The highest BCUT2D eigenvalue weighted by Gasteiger charge is 2.36. The van der Waals surface area contributed by atoms with Crippen LogP contribution in [0.5, 0.6) is 0 Å². The van der Waals surface area contributed by atoms with Gasteiger partial charge in [0.25, 0.3) is 5.91 Å². The van der Waals surface area contributed by atoms with Crippen LogP contribution in [0.15, 0.2) is 48.5 Å². The van der Waals surface area contributed by atoms with Crippen LogP contribution in [0.3, 0.4) is 0 Å². The molecule has 0 radical (unpaired) electrons. The molecule has 8 heteroatoms. The Bertz CT molecular complexity index is 1390. The van der Waals surface area contributed by atoms with Gasteiger partial charge in [0, 0.05) is 43.2 Å². The Balaban J connectivity index is 1.55. The lowest BCUT2D eigenvalue weighted by molar-refractivity contribution is -0.0237. The van der Waals surface area contributed by atoms with E-state index in [1.807, 2.05) is 54.4 Å². The van der Waals surface area contributed by atoms with E-state index in [2.05, 4.69) is 9.58 Å². The average Bonchev–Trinajstić information content (AvgIpc) is 3.20. The molecular formula is C31H33Cl2F2N3O. The molecule has 3 heterocycles. The monoisotopic (exact) mass is 571 g/mol. The number of rotatable bonds is 7. The zero-order valence-corrected chi connectivity index (χ0v) is 23.8. The van der Waals surface area contributed by atoms with Crippen LogP contribution in [0.4, 0.5) is 8.78 Å². The molecule has 0 atom stereocenters. The van der Waals surface area contributed by atoms with Crippen LogP contribution in [-0.2, 0) is 6.42 Å². The fourth-order valence-corrected chi connectivity index (χ4v) is 6.18. The number of amides is 1. The van der Waals surface area contributed by atoms with Crippen molar-refractivity contribution in [3.63, 3.8) is 0 Å². The lowest BCUT2D eigenvalue weighted by Crippen LogP contribution is -2.51. The highest BCUT2D eigenvalue weighted by atomic mass is 35.5. The Morgan fingerprint density at radius 1 is 1.00 bits per heavy atom. The van der Waals surface area contributed by atoms with E-state index in [1.54, 1.807) is 12.1 Å². The third-order valence-electron chi connectivity index (χ3n) is 7.59. The van der Waals surface area contributed by atoms with Gasteiger partial charge in [0.15, 0.2) is 0 Å². The van der Waals surface area contributed by atoms with Gasteiger partial charge in [-0.15, -0.1) is 0 Å². The maximum Gasteiger partial charge on any atom is 0.270 e. The summed E-state index contributed by atoms with van der Waals surface area (Å²) >= 11 is 12.9. The summed E-state index contributed by atoms with van der Waals surface area (Å²) in [6, 6.07) is 13.4. The largest absolute Gasteiger partial charge is 0.311 e. The second-order valence-electron chi connectivity index (χ2n) is 10.6. The van der Waals surface area contributed by atoms with Crippen molar-refractivity contribution in [3.8, 4) is 16.9 Å². The van der Waals surface area contributed by atoms with Gasteiger partial charge in [-0.05, 0) is 68.0 Å². The van der Waals surface area contributed by atoms with Crippen LogP contribution >= 0.6 is 23.2 Å². The number of fused-ring (bicyclic) bond motifs is 1. The van der Waals surface area contributed by atoms with Crippen molar-refractivity contribution >= 4 is 35.2 Å². The zero-order valence-electron chi connectivity index (χ0n) is 22.3. The summed E-state index contributed by atoms with van der Waals surface area (Å²) in [6.45, 7) is 5.38. The van der Waals surface area contributed by atoms with E-state index in [-0.39, 0.29) is 12.3 Å². The smallest absolute Gasteiger partial charge is 0.270 e. The molecule has 0 bridgehead atoms. The number of carbonyl (C=O) groups excluding carboxylic acids is 1. The molecular weight excluding hydrogens is 539 g/mol. The number of carbonyl (C=O) groups is 1. The molecule has 5 rings (SSSR count). The highest BCUT2D eigenvalue weighted by molar-refractivity contribution is 6.35. The topological polar surface area (TPSA) is 28.5 Å². The van der Waals surface area contributed by atoms with Crippen LogP contribution in [-0.4, -0.2) is 46.0 Å². The SMILES string of the molecule is Cc1c2c(n(-c3ccc(Cl)cc3Cl)c1-c1ccc(/C=C/CCC(C)(F)F)cc1)CCN(N1CCCCC1)C2=O. The van der Waals surface area contributed by atoms with Gasteiger partial charge in [0.1, 0.15) is 0 Å². The molecule has 1 amide bonds. The Kier molecular flexibility index (Phi) is 8.18.